The summed E-state index contributed by atoms with van der Waals surface area (Å²) in [6.07, 6.45) is -2.18. The van der Waals surface area contributed by atoms with Crippen LogP contribution in [-0.2, 0) is 39.0 Å². The molecule has 2 aromatic carbocycles. The summed E-state index contributed by atoms with van der Waals surface area (Å²) in [5.41, 5.74) is 7.20. The summed E-state index contributed by atoms with van der Waals surface area (Å²) in [5.74, 6) is -2.91. The van der Waals surface area contributed by atoms with Gasteiger partial charge >= 0.3 is 12.1 Å². The van der Waals surface area contributed by atoms with Gasteiger partial charge in [-0.3, -0.25) is 15.0 Å². The number of ether oxygens (including phenoxy) is 2. The number of alkyl carbamates (subject to hydrolysis) is 1. The quantitative estimate of drug-likeness (QED) is 0.0499. The van der Waals surface area contributed by atoms with Crippen molar-refractivity contribution in [3.8, 4) is 0 Å². The number of oxime groups is 1. The lowest BCUT2D eigenvalue weighted by Crippen LogP contribution is -2.64. The third kappa shape index (κ3) is 8.57. The molecule has 248 valence electrons. The second-order valence-corrected chi connectivity index (χ2v) is 11.2. The Bertz CT molecular complexity index is 1760. The molecule has 2 heterocycles. The summed E-state index contributed by atoms with van der Waals surface area (Å²) in [7, 11) is -1.84. The van der Waals surface area contributed by atoms with Crippen LogP contribution in [0.3, 0.4) is 0 Å². The number of methoxy groups -OCH3 is 1. The van der Waals surface area contributed by atoms with Crippen molar-refractivity contribution in [1.29, 1.82) is 5.41 Å². The first-order valence-corrected chi connectivity index (χ1v) is 15.5. The molecular formula is C30H33N7O9S. The first-order valence-electron chi connectivity index (χ1n) is 14.5. The van der Waals surface area contributed by atoms with Crippen LogP contribution in [0.5, 0.6) is 0 Å². The molecule has 0 fully saturated rings. The highest BCUT2D eigenvalue weighted by atomic mass is 32.2. The van der Waals surface area contributed by atoms with Crippen LogP contribution in [0, 0.1) is 5.41 Å². The fourth-order valence-corrected chi connectivity index (χ4v) is 5.32. The van der Waals surface area contributed by atoms with Crippen LogP contribution in [0.15, 0.2) is 58.7 Å². The summed E-state index contributed by atoms with van der Waals surface area (Å²) in [5, 5.41) is 18.8. The van der Waals surface area contributed by atoms with Gasteiger partial charge in [0.2, 0.25) is 16.2 Å². The SMILES string of the molecule is CCCCOC(=O)NC(C(=O)OC)[C@H](NC(=O)CC1CC(c2ccc(C(=N)N)cc2)=NO1)NC(=O)C1=Nc2ccccc2C1=S(=O)=O. The van der Waals surface area contributed by atoms with Crippen LogP contribution < -0.4 is 21.7 Å². The highest BCUT2D eigenvalue weighted by Crippen LogP contribution is 2.26. The lowest BCUT2D eigenvalue weighted by Gasteiger charge is -2.27. The van der Waals surface area contributed by atoms with Gasteiger partial charge in [-0.05, 0) is 18.1 Å². The minimum atomic E-state index is -2.88. The molecule has 3 atom stereocenters. The topological polar surface area (TPSA) is 241 Å². The summed E-state index contributed by atoms with van der Waals surface area (Å²) in [6, 6.07) is 11.2. The minimum absolute atomic E-state index is 0.0428. The number of esters is 1. The van der Waals surface area contributed by atoms with Gasteiger partial charge in [0.15, 0.2) is 11.8 Å². The van der Waals surface area contributed by atoms with Gasteiger partial charge in [0, 0.05) is 17.5 Å². The summed E-state index contributed by atoms with van der Waals surface area (Å²) in [6.45, 7) is 1.93. The number of fused-ring (bicyclic) bond motifs is 1. The monoisotopic (exact) mass is 667 g/mol. The number of nitrogens with zero attached hydrogens (tertiary/aromatic N) is 2. The maximum Gasteiger partial charge on any atom is 0.407 e. The van der Waals surface area contributed by atoms with Crippen molar-refractivity contribution >= 4 is 62.0 Å². The fourth-order valence-electron chi connectivity index (χ4n) is 4.67. The number of benzene rings is 2. The zero-order chi connectivity index (χ0) is 34.1. The highest BCUT2D eigenvalue weighted by Gasteiger charge is 2.38. The van der Waals surface area contributed by atoms with Gasteiger partial charge in [0.05, 0.1) is 31.5 Å². The molecule has 47 heavy (non-hydrogen) atoms. The molecule has 0 saturated heterocycles. The van der Waals surface area contributed by atoms with Gasteiger partial charge in [-0.25, -0.2) is 14.6 Å². The average molecular weight is 668 g/mol. The molecule has 6 N–H and O–H groups in total. The van der Waals surface area contributed by atoms with Crippen molar-refractivity contribution in [1.82, 2.24) is 16.0 Å². The third-order valence-electron chi connectivity index (χ3n) is 7.05. The van der Waals surface area contributed by atoms with Crippen molar-refractivity contribution < 1.29 is 41.9 Å². The number of nitrogen functional groups attached to an aromatic ring is 1. The molecule has 2 unspecified atom stereocenters. The van der Waals surface area contributed by atoms with Crippen LogP contribution in [0.2, 0.25) is 0 Å². The molecule has 0 bridgehead atoms. The van der Waals surface area contributed by atoms with Crippen LogP contribution >= 0.6 is 0 Å². The van der Waals surface area contributed by atoms with E-state index < -0.39 is 58.2 Å². The summed E-state index contributed by atoms with van der Waals surface area (Å²) < 4.78 is 34.2. The number of nitrogens with two attached hydrogens (primary N) is 1. The Morgan fingerprint density at radius 2 is 1.81 bits per heavy atom. The Kier molecular flexibility index (Phi) is 11.4. The number of unbranched alkanes of at least 4 members (excludes halogenated alkanes) is 1. The Morgan fingerprint density at radius 3 is 2.47 bits per heavy atom. The number of carbonyl (C=O) groups is 4. The lowest BCUT2D eigenvalue weighted by atomic mass is 10.0. The predicted octanol–water partition coefficient (Wildman–Crippen LogP) is 0.666. The van der Waals surface area contributed by atoms with E-state index in [2.05, 4.69) is 26.1 Å². The van der Waals surface area contributed by atoms with Crippen LogP contribution in [0.4, 0.5) is 10.5 Å². The fraction of sp³-hybridized carbons (Fsp3) is 0.333. The maximum atomic E-state index is 13.5. The van der Waals surface area contributed by atoms with E-state index in [1.807, 2.05) is 6.92 Å². The second-order valence-electron chi connectivity index (χ2n) is 10.4. The Morgan fingerprint density at radius 1 is 1.09 bits per heavy atom. The van der Waals surface area contributed by atoms with E-state index in [-0.39, 0.29) is 41.4 Å². The molecule has 4 rings (SSSR count). The summed E-state index contributed by atoms with van der Waals surface area (Å²) in [4.78, 5) is 61.4. The summed E-state index contributed by atoms with van der Waals surface area (Å²) >= 11 is 0. The van der Waals surface area contributed by atoms with Crippen LogP contribution in [0.1, 0.15) is 49.3 Å². The number of para-hydroxylation sites is 1. The van der Waals surface area contributed by atoms with Crippen molar-refractivity contribution in [2.45, 2.75) is 50.9 Å². The van der Waals surface area contributed by atoms with E-state index in [0.717, 1.165) is 13.5 Å². The molecule has 0 aromatic heterocycles. The third-order valence-corrected chi connectivity index (χ3v) is 7.80. The predicted molar refractivity (Wildman–Crippen MR) is 170 cm³/mol. The molecule has 0 aliphatic carbocycles. The number of hydrogen-bond donors (Lipinski definition) is 5. The number of amidine groups is 1. The van der Waals surface area contributed by atoms with Gasteiger partial charge in [-0.1, -0.05) is 61.0 Å². The maximum absolute atomic E-state index is 13.5. The Hall–Kier alpha value is -5.58. The van der Waals surface area contributed by atoms with E-state index in [1.165, 1.54) is 12.1 Å². The molecule has 2 aliphatic rings. The first kappa shape index (κ1) is 34.3. The molecule has 0 saturated carbocycles. The normalized spacial score (nSPS) is 16.0. The average Bonchev–Trinajstić information content (AvgIpc) is 3.68. The first-order chi connectivity index (χ1) is 22.5. The van der Waals surface area contributed by atoms with Crippen molar-refractivity contribution in [3.05, 3.63) is 65.2 Å². The number of carbonyl (C=O) groups excluding carboxylic acids is 4. The van der Waals surface area contributed by atoms with E-state index >= 15 is 0 Å². The second kappa shape index (κ2) is 15.6. The zero-order valence-electron chi connectivity index (χ0n) is 25.4. The van der Waals surface area contributed by atoms with E-state index in [4.69, 9.17) is 25.5 Å². The van der Waals surface area contributed by atoms with Crippen molar-refractivity contribution in [3.63, 3.8) is 0 Å². The van der Waals surface area contributed by atoms with Crippen LogP contribution in [-0.4, -0.2) is 86.4 Å². The molecule has 2 aromatic rings. The van der Waals surface area contributed by atoms with Crippen molar-refractivity contribution in [2.75, 3.05) is 13.7 Å². The zero-order valence-corrected chi connectivity index (χ0v) is 26.3. The number of hydrogen-bond acceptors (Lipinski definition) is 12. The largest absolute Gasteiger partial charge is 0.467 e. The number of aliphatic imine (C=N–C) groups is 1. The molecule has 0 spiro atoms. The van der Waals surface area contributed by atoms with Gasteiger partial charge in [0.25, 0.3) is 5.91 Å². The van der Waals surface area contributed by atoms with E-state index in [0.29, 0.717) is 23.3 Å². The molecule has 16 nitrogen and oxygen atoms in total. The Balaban J connectivity index is 1.53. The molecule has 0 radical (unpaired) electrons. The standard InChI is InChI=1S/C30H33N7O9S/c1-3-4-13-45-30(41)35-24(29(40)44-2)27(36-28(39)23-25(47(42)43)19-7-5-6-8-20(19)33-23)34-22(38)15-18-14-21(37-46-18)16-9-11-17(12-10-16)26(31)32/h5-12,18,24,27H,3-4,13-15H2,1-2H3,(H3,31,32)(H,34,38)(H,35,41)(H,36,39)/t18?,24?,27-/m1/s1. The van der Waals surface area contributed by atoms with Gasteiger partial charge < -0.3 is 36.0 Å². The Labute approximate surface area is 270 Å². The molecule has 17 heteroatoms. The van der Waals surface area contributed by atoms with Crippen molar-refractivity contribution in [2.24, 2.45) is 15.9 Å². The van der Waals surface area contributed by atoms with E-state index in [1.54, 1.807) is 36.4 Å². The van der Waals surface area contributed by atoms with Crippen LogP contribution in [0.25, 0.3) is 0 Å². The van der Waals surface area contributed by atoms with Gasteiger partial charge in [-0.15, -0.1) is 0 Å². The number of amides is 3. The number of nitrogens with one attached hydrogen (secondary N) is 4. The minimum Gasteiger partial charge on any atom is -0.467 e. The highest BCUT2D eigenvalue weighted by molar-refractivity contribution is 7.76. The lowest BCUT2D eigenvalue weighted by molar-refractivity contribution is -0.144. The number of rotatable bonds is 13. The van der Waals surface area contributed by atoms with E-state index in [9.17, 15) is 27.6 Å². The molecule has 2 aliphatic heterocycles. The smallest absolute Gasteiger partial charge is 0.407 e. The van der Waals surface area contributed by atoms with Gasteiger partial charge in [-0.2, -0.15) is 8.42 Å². The van der Waals surface area contributed by atoms with Gasteiger partial charge in [0.1, 0.15) is 23.0 Å². The molecule has 3 amide bonds. The molecular weight excluding hydrogens is 634 g/mol.